The lowest BCUT2D eigenvalue weighted by molar-refractivity contribution is 0.144. The quantitative estimate of drug-likeness (QED) is 0.449. The van der Waals surface area contributed by atoms with Crippen LogP contribution in [0.5, 0.6) is 0 Å². The summed E-state index contributed by atoms with van der Waals surface area (Å²) in [6.45, 7) is 5.49. The van der Waals surface area contributed by atoms with Crippen LogP contribution in [0.4, 0.5) is 0 Å². The van der Waals surface area contributed by atoms with Gasteiger partial charge in [0.15, 0.2) is 0 Å². The van der Waals surface area contributed by atoms with Gasteiger partial charge in [0, 0.05) is 13.7 Å². The highest BCUT2D eigenvalue weighted by molar-refractivity contribution is 4.56. The molecule has 0 aliphatic carbocycles. The minimum atomic E-state index is 0.797. The molecule has 0 spiro atoms. The average Bonchev–Trinajstić information content (AvgIpc) is 2.26. The van der Waals surface area contributed by atoms with E-state index in [1.807, 2.05) is 7.11 Å². The van der Waals surface area contributed by atoms with Crippen LogP contribution in [0.3, 0.4) is 0 Å². The first kappa shape index (κ1) is 15.0. The molecule has 0 aliphatic rings. The molecule has 92 valence electrons. The number of unbranched alkanes of at least 4 members (excludes halogenated alkanes) is 6. The summed E-state index contributed by atoms with van der Waals surface area (Å²) in [6, 6.07) is 0. The van der Waals surface area contributed by atoms with Crippen molar-refractivity contribution in [3.63, 3.8) is 0 Å². The maximum atomic E-state index is 5.20. The first-order valence-corrected chi connectivity index (χ1v) is 6.84. The van der Waals surface area contributed by atoms with Gasteiger partial charge in [-0.15, -0.1) is 0 Å². The fourth-order valence-corrected chi connectivity index (χ4v) is 2.03. The van der Waals surface area contributed by atoms with Gasteiger partial charge in [-0.1, -0.05) is 65.2 Å². The third kappa shape index (κ3) is 10.2. The summed E-state index contributed by atoms with van der Waals surface area (Å²) in [5.41, 5.74) is 0. The Morgan fingerprint density at radius 3 is 2.00 bits per heavy atom. The second-order valence-corrected chi connectivity index (χ2v) is 4.64. The van der Waals surface area contributed by atoms with E-state index in [1.165, 1.54) is 57.8 Å². The van der Waals surface area contributed by atoms with E-state index in [1.54, 1.807) is 0 Å². The molecule has 1 nitrogen and oxygen atoms in total. The zero-order chi connectivity index (χ0) is 11.4. The van der Waals surface area contributed by atoms with Crippen LogP contribution in [0.2, 0.25) is 0 Å². The van der Waals surface area contributed by atoms with Gasteiger partial charge in [0.1, 0.15) is 0 Å². The summed E-state index contributed by atoms with van der Waals surface area (Å²) in [5.74, 6) is 0.797. The van der Waals surface area contributed by atoms with Crippen LogP contribution in [0.25, 0.3) is 0 Å². The smallest absolute Gasteiger partial charge is 0.0490 e. The van der Waals surface area contributed by atoms with Crippen LogP contribution in [-0.2, 0) is 4.74 Å². The Hall–Kier alpha value is -0.0400. The molecule has 0 heterocycles. The topological polar surface area (TPSA) is 9.23 Å². The van der Waals surface area contributed by atoms with Crippen LogP contribution in [0.1, 0.15) is 71.6 Å². The molecule has 0 aromatic heterocycles. The van der Waals surface area contributed by atoms with E-state index in [4.69, 9.17) is 4.74 Å². The molecular weight excluding hydrogens is 184 g/mol. The summed E-state index contributed by atoms with van der Waals surface area (Å²) in [7, 11) is 1.81. The molecule has 0 saturated heterocycles. The molecular formula is C14H30O. The third-order valence-corrected chi connectivity index (χ3v) is 3.20. The molecule has 0 fully saturated rings. The highest BCUT2D eigenvalue weighted by Gasteiger charge is 2.04. The summed E-state index contributed by atoms with van der Waals surface area (Å²) in [5, 5.41) is 0. The van der Waals surface area contributed by atoms with Crippen molar-refractivity contribution in [3.8, 4) is 0 Å². The molecule has 0 saturated carbocycles. The number of methoxy groups -OCH3 is 1. The Morgan fingerprint density at radius 2 is 1.47 bits per heavy atom. The van der Waals surface area contributed by atoms with Crippen molar-refractivity contribution in [1.82, 2.24) is 0 Å². The molecule has 0 rings (SSSR count). The van der Waals surface area contributed by atoms with Crippen molar-refractivity contribution >= 4 is 0 Å². The molecule has 0 aliphatic heterocycles. The Bertz CT molecular complexity index is 112. The Balaban J connectivity index is 3.14. The number of hydrogen-bond acceptors (Lipinski definition) is 1. The predicted octanol–water partition coefficient (Wildman–Crippen LogP) is 4.80. The fourth-order valence-electron chi connectivity index (χ4n) is 2.03. The molecule has 1 unspecified atom stereocenters. The van der Waals surface area contributed by atoms with Crippen LogP contribution < -0.4 is 0 Å². The monoisotopic (exact) mass is 214 g/mol. The lowest BCUT2D eigenvalue weighted by Gasteiger charge is -2.12. The fraction of sp³-hybridized carbons (Fsp3) is 1.00. The summed E-state index contributed by atoms with van der Waals surface area (Å²) in [6.07, 6.45) is 12.5. The first-order chi connectivity index (χ1) is 7.35. The zero-order valence-corrected chi connectivity index (χ0v) is 11.1. The molecule has 1 atom stereocenters. The van der Waals surface area contributed by atoms with Gasteiger partial charge in [0.2, 0.25) is 0 Å². The zero-order valence-electron chi connectivity index (χ0n) is 11.1. The lowest BCUT2D eigenvalue weighted by atomic mass is 9.98. The van der Waals surface area contributed by atoms with E-state index in [9.17, 15) is 0 Å². The highest BCUT2D eigenvalue weighted by atomic mass is 16.5. The third-order valence-electron chi connectivity index (χ3n) is 3.20. The van der Waals surface area contributed by atoms with E-state index in [0.717, 1.165) is 12.5 Å². The van der Waals surface area contributed by atoms with Crippen molar-refractivity contribution in [1.29, 1.82) is 0 Å². The van der Waals surface area contributed by atoms with Gasteiger partial charge >= 0.3 is 0 Å². The van der Waals surface area contributed by atoms with Crippen molar-refractivity contribution < 1.29 is 4.74 Å². The first-order valence-electron chi connectivity index (χ1n) is 6.84. The number of hydrogen-bond donors (Lipinski definition) is 0. The number of ether oxygens (including phenoxy) is 1. The second kappa shape index (κ2) is 12.0. The van der Waals surface area contributed by atoms with Crippen molar-refractivity contribution in [3.05, 3.63) is 0 Å². The largest absolute Gasteiger partial charge is 0.384 e. The maximum absolute atomic E-state index is 5.20. The summed E-state index contributed by atoms with van der Waals surface area (Å²) < 4.78 is 5.20. The van der Waals surface area contributed by atoms with Crippen molar-refractivity contribution in [2.45, 2.75) is 71.6 Å². The van der Waals surface area contributed by atoms with Crippen LogP contribution >= 0.6 is 0 Å². The lowest BCUT2D eigenvalue weighted by Crippen LogP contribution is -2.06. The van der Waals surface area contributed by atoms with Gasteiger partial charge in [-0.2, -0.15) is 0 Å². The van der Waals surface area contributed by atoms with E-state index in [-0.39, 0.29) is 0 Å². The Kier molecular flexibility index (Phi) is 12.0. The molecule has 1 heteroatoms. The molecule has 0 N–H and O–H groups in total. The molecule has 15 heavy (non-hydrogen) atoms. The van der Waals surface area contributed by atoms with Crippen LogP contribution in [-0.4, -0.2) is 13.7 Å². The van der Waals surface area contributed by atoms with Gasteiger partial charge in [-0.05, 0) is 12.3 Å². The number of rotatable bonds is 11. The van der Waals surface area contributed by atoms with Crippen LogP contribution in [0, 0.1) is 5.92 Å². The van der Waals surface area contributed by atoms with Gasteiger partial charge < -0.3 is 4.74 Å². The average molecular weight is 214 g/mol. The van der Waals surface area contributed by atoms with Gasteiger partial charge in [-0.25, -0.2) is 0 Å². The SMILES string of the molecule is CCCCCCCCCC(CC)COC. The minimum absolute atomic E-state index is 0.797. The normalized spacial score (nSPS) is 13.0. The van der Waals surface area contributed by atoms with Crippen LogP contribution in [0.15, 0.2) is 0 Å². The maximum Gasteiger partial charge on any atom is 0.0490 e. The predicted molar refractivity (Wildman–Crippen MR) is 68.3 cm³/mol. The van der Waals surface area contributed by atoms with Gasteiger partial charge in [0.05, 0.1) is 0 Å². The second-order valence-electron chi connectivity index (χ2n) is 4.64. The van der Waals surface area contributed by atoms with Gasteiger partial charge in [0.25, 0.3) is 0 Å². The molecule has 0 radical (unpaired) electrons. The van der Waals surface area contributed by atoms with Crippen molar-refractivity contribution in [2.75, 3.05) is 13.7 Å². The van der Waals surface area contributed by atoms with Crippen molar-refractivity contribution in [2.24, 2.45) is 5.92 Å². The van der Waals surface area contributed by atoms with E-state index < -0.39 is 0 Å². The summed E-state index contributed by atoms with van der Waals surface area (Å²) >= 11 is 0. The van der Waals surface area contributed by atoms with E-state index >= 15 is 0 Å². The molecule has 0 aromatic carbocycles. The standard InChI is InChI=1S/C14H30O/c1-4-6-7-8-9-10-11-12-14(5-2)13-15-3/h14H,4-13H2,1-3H3. The van der Waals surface area contributed by atoms with E-state index in [2.05, 4.69) is 13.8 Å². The molecule has 0 bridgehead atoms. The van der Waals surface area contributed by atoms with E-state index in [0.29, 0.717) is 0 Å². The Labute approximate surface area is 96.6 Å². The van der Waals surface area contributed by atoms with Gasteiger partial charge in [-0.3, -0.25) is 0 Å². The minimum Gasteiger partial charge on any atom is -0.384 e. The highest BCUT2D eigenvalue weighted by Crippen LogP contribution is 2.15. The Morgan fingerprint density at radius 1 is 0.867 bits per heavy atom. The molecule has 0 amide bonds. The molecule has 0 aromatic rings. The summed E-state index contributed by atoms with van der Waals surface area (Å²) in [4.78, 5) is 0.